The Morgan fingerprint density at radius 3 is 2.24 bits per heavy atom. The highest BCUT2D eigenvalue weighted by Crippen LogP contribution is 2.35. The van der Waals surface area contributed by atoms with Gasteiger partial charge in [0.2, 0.25) is 11.8 Å². The summed E-state index contributed by atoms with van der Waals surface area (Å²) in [5.74, 6) is -0.601. The van der Waals surface area contributed by atoms with Crippen molar-refractivity contribution in [3.63, 3.8) is 0 Å². The van der Waals surface area contributed by atoms with Crippen molar-refractivity contribution in [2.45, 2.75) is 64.1 Å². The van der Waals surface area contributed by atoms with E-state index in [0.29, 0.717) is 6.42 Å². The van der Waals surface area contributed by atoms with Crippen LogP contribution in [0.5, 0.6) is 5.75 Å². The lowest BCUT2D eigenvalue weighted by molar-refractivity contribution is -0.140. The Balaban J connectivity index is 2.13. The number of ether oxygens (including phenoxy) is 1. The fraction of sp³-hybridized carbons (Fsp3) is 0.355. The second kappa shape index (κ2) is 14.4. The molecule has 0 aliphatic carbocycles. The van der Waals surface area contributed by atoms with Crippen LogP contribution < -0.4 is 14.4 Å². The summed E-state index contributed by atoms with van der Waals surface area (Å²) in [5.41, 5.74) is 1.92. The zero-order chi connectivity index (χ0) is 30.2. The number of carbonyl (C=O) groups is 2. The second-order valence-corrected chi connectivity index (χ2v) is 12.1. The monoisotopic (exact) mass is 599 g/mol. The number of nitrogens with one attached hydrogen (secondary N) is 1. The van der Waals surface area contributed by atoms with Crippen LogP contribution in [0.25, 0.3) is 0 Å². The maximum Gasteiger partial charge on any atom is 0.264 e. The van der Waals surface area contributed by atoms with Gasteiger partial charge < -0.3 is 15.0 Å². The highest BCUT2D eigenvalue weighted by atomic mass is 35.5. The minimum atomic E-state index is -4.24. The first-order valence-electron chi connectivity index (χ1n) is 13.6. The summed E-state index contributed by atoms with van der Waals surface area (Å²) in [6.45, 7) is 7.18. The number of halogens is 1. The van der Waals surface area contributed by atoms with Gasteiger partial charge in [-0.3, -0.25) is 13.9 Å². The molecule has 2 atom stereocenters. The van der Waals surface area contributed by atoms with Gasteiger partial charge in [0.15, 0.2) is 0 Å². The predicted octanol–water partition coefficient (Wildman–Crippen LogP) is 5.57. The zero-order valence-corrected chi connectivity index (χ0v) is 25.7. The molecule has 1 N–H and O–H groups in total. The molecule has 3 aromatic carbocycles. The van der Waals surface area contributed by atoms with Crippen molar-refractivity contribution in [2.24, 2.45) is 0 Å². The van der Waals surface area contributed by atoms with E-state index in [1.165, 1.54) is 30.2 Å². The Hall–Kier alpha value is -3.56. The van der Waals surface area contributed by atoms with Gasteiger partial charge in [-0.1, -0.05) is 67.9 Å². The van der Waals surface area contributed by atoms with Gasteiger partial charge in [-0.05, 0) is 68.1 Å². The summed E-state index contributed by atoms with van der Waals surface area (Å²) >= 11 is 6.29. The smallest absolute Gasteiger partial charge is 0.264 e. The van der Waals surface area contributed by atoms with Crippen LogP contribution >= 0.6 is 11.6 Å². The first-order valence-corrected chi connectivity index (χ1v) is 15.4. The molecule has 8 nitrogen and oxygen atoms in total. The Kier molecular flexibility index (Phi) is 11.2. The molecule has 0 spiro atoms. The SMILES string of the molecule is CC[C@H](C)NC(=O)[C@H](CC)N(Cc1ccccc1C)C(=O)CN(c1cc(Cl)ccc1OC)S(=O)(=O)c1ccccc1. The van der Waals surface area contributed by atoms with Gasteiger partial charge in [0.05, 0.1) is 17.7 Å². The summed E-state index contributed by atoms with van der Waals surface area (Å²) in [5, 5.41) is 3.26. The fourth-order valence-electron chi connectivity index (χ4n) is 4.42. The van der Waals surface area contributed by atoms with Crippen molar-refractivity contribution >= 4 is 39.1 Å². The second-order valence-electron chi connectivity index (χ2n) is 9.83. The highest BCUT2D eigenvalue weighted by Gasteiger charge is 2.35. The van der Waals surface area contributed by atoms with E-state index in [2.05, 4.69) is 5.32 Å². The number of sulfonamides is 1. The fourth-order valence-corrected chi connectivity index (χ4v) is 6.03. The van der Waals surface area contributed by atoms with E-state index in [1.54, 1.807) is 30.3 Å². The van der Waals surface area contributed by atoms with Gasteiger partial charge in [-0.2, -0.15) is 0 Å². The third kappa shape index (κ3) is 7.80. The van der Waals surface area contributed by atoms with Crippen LogP contribution in [0.1, 0.15) is 44.7 Å². The minimum Gasteiger partial charge on any atom is -0.495 e. The van der Waals surface area contributed by atoms with Gasteiger partial charge in [-0.15, -0.1) is 0 Å². The summed E-state index contributed by atoms with van der Waals surface area (Å²) in [7, 11) is -2.83. The third-order valence-corrected chi connectivity index (χ3v) is 9.02. The number of carbonyl (C=O) groups excluding carboxylic acids is 2. The number of hydrogen-bond donors (Lipinski definition) is 1. The predicted molar refractivity (Wildman–Crippen MR) is 163 cm³/mol. The van der Waals surface area contributed by atoms with Crippen molar-refractivity contribution in [2.75, 3.05) is 18.0 Å². The van der Waals surface area contributed by atoms with Crippen LogP contribution in [0.15, 0.2) is 77.7 Å². The number of methoxy groups -OCH3 is 1. The number of rotatable bonds is 13. The largest absolute Gasteiger partial charge is 0.495 e. The van der Waals surface area contributed by atoms with Gasteiger partial charge in [-0.25, -0.2) is 8.42 Å². The maximum absolute atomic E-state index is 14.2. The van der Waals surface area contributed by atoms with Crippen LogP contribution in [0.2, 0.25) is 5.02 Å². The number of anilines is 1. The lowest BCUT2D eigenvalue weighted by Gasteiger charge is -2.34. The molecular formula is C31H38ClN3O5S. The van der Waals surface area contributed by atoms with E-state index in [4.69, 9.17) is 16.3 Å². The summed E-state index contributed by atoms with van der Waals surface area (Å²) in [6.07, 6.45) is 1.07. The number of amides is 2. The van der Waals surface area contributed by atoms with Crippen LogP contribution in [0.3, 0.4) is 0 Å². The molecule has 0 saturated carbocycles. The summed E-state index contributed by atoms with van der Waals surface area (Å²) in [6, 6.07) is 19.1. The lowest BCUT2D eigenvalue weighted by atomic mass is 10.1. The molecule has 0 aliphatic heterocycles. The molecule has 220 valence electrons. The van der Waals surface area contributed by atoms with Gasteiger partial charge >= 0.3 is 0 Å². The van der Waals surface area contributed by atoms with Gasteiger partial charge in [0.25, 0.3) is 10.0 Å². The van der Waals surface area contributed by atoms with Crippen LogP contribution in [0.4, 0.5) is 5.69 Å². The Labute approximate surface area is 248 Å². The molecule has 10 heteroatoms. The molecule has 0 aliphatic rings. The van der Waals surface area contributed by atoms with Crippen molar-refractivity contribution in [1.82, 2.24) is 10.2 Å². The van der Waals surface area contributed by atoms with Crippen molar-refractivity contribution < 1.29 is 22.7 Å². The third-order valence-electron chi connectivity index (χ3n) is 7.01. The molecule has 0 radical (unpaired) electrons. The van der Waals surface area contributed by atoms with Crippen LogP contribution in [-0.4, -0.2) is 50.9 Å². The van der Waals surface area contributed by atoms with E-state index < -0.39 is 28.5 Å². The highest BCUT2D eigenvalue weighted by molar-refractivity contribution is 7.92. The quantitative estimate of drug-likeness (QED) is 0.277. The topological polar surface area (TPSA) is 96.0 Å². The van der Waals surface area contributed by atoms with Crippen LogP contribution in [-0.2, 0) is 26.2 Å². The van der Waals surface area contributed by atoms with E-state index in [-0.39, 0.29) is 39.8 Å². The molecule has 3 aromatic rings. The molecule has 2 amide bonds. The number of benzene rings is 3. The van der Waals surface area contributed by atoms with Crippen molar-refractivity contribution in [1.29, 1.82) is 0 Å². The average Bonchev–Trinajstić information content (AvgIpc) is 2.96. The summed E-state index contributed by atoms with van der Waals surface area (Å²) in [4.78, 5) is 29.1. The van der Waals surface area contributed by atoms with Gasteiger partial charge in [0.1, 0.15) is 18.3 Å². The van der Waals surface area contributed by atoms with E-state index >= 15 is 0 Å². The molecule has 0 saturated heterocycles. The van der Waals surface area contributed by atoms with Gasteiger partial charge in [0, 0.05) is 17.6 Å². The molecule has 0 heterocycles. The average molecular weight is 600 g/mol. The first kappa shape index (κ1) is 32.0. The molecule has 41 heavy (non-hydrogen) atoms. The normalized spacial score (nSPS) is 12.7. The first-order chi connectivity index (χ1) is 19.5. The maximum atomic E-state index is 14.2. The van der Waals surface area contributed by atoms with Crippen molar-refractivity contribution in [3.8, 4) is 5.75 Å². The molecule has 0 bridgehead atoms. The van der Waals surface area contributed by atoms with Crippen LogP contribution in [0, 0.1) is 6.92 Å². The lowest BCUT2D eigenvalue weighted by Crippen LogP contribution is -2.53. The van der Waals surface area contributed by atoms with E-state index in [9.17, 15) is 18.0 Å². The Morgan fingerprint density at radius 2 is 1.63 bits per heavy atom. The van der Waals surface area contributed by atoms with Crippen molar-refractivity contribution in [3.05, 3.63) is 88.9 Å². The molecule has 0 unspecified atom stereocenters. The zero-order valence-electron chi connectivity index (χ0n) is 24.1. The molecule has 3 rings (SSSR count). The number of nitrogens with zero attached hydrogens (tertiary/aromatic N) is 2. The Morgan fingerprint density at radius 1 is 0.976 bits per heavy atom. The minimum absolute atomic E-state index is 0.00170. The Bertz CT molecular complexity index is 1450. The summed E-state index contributed by atoms with van der Waals surface area (Å²) < 4.78 is 34.5. The van der Waals surface area contributed by atoms with E-state index in [1.807, 2.05) is 52.0 Å². The molecular weight excluding hydrogens is 562 g/mol. The molecule has 0 aromatic heterocycles. The standard InChI is InChI=1S/C31H38ClN3O5S/c1-6-23(4)33-31(37)27(7-2)34(20-24-14-12-11-13-22(24)3)30(36)21-35(28-19-25(32)17-18-29(28)40-5)41(38,39)26-15-9-8-10-16-26/h8-19,23,27H,6-7,20-21H2,1-5H3,(H,33,37)/t23-,27-/m0/s1. The number of aryl methyl sites for hydroxylation is 1. The number of hydrogen-bond acceptors (Lipinski definition) is 5. The molecule has 0 fully saturated rings. The van der Waals surface area contributed by atoms with E-state index in [0.717, 1.165) is 21.9 Å².